The maximum Gasteiger partial charge on any atom is 0.347 e. The van der Waals surface area contributed by atoms with Crippen LogP contribution < -0.4 is 14.4 Å². The van der Waals surface area contributed by atoms with E-state index in [-0.39, 0.29) is 6.42 Å². The molecule has 0 fully saturated rings. The number of methoxy groups -OCH3 is 1. The lowest BCUT2D eigenvalue weighted by Gasteiger charge is -2.15. The second-order valence-electron chi connectivity index (χ2n) is 7.56. The molecule has 0 aliphatic rings. The number of hydrogen-bond acceptors (Lipinski definition) is 14. The third-order valence-corrected chi connectivity index (χ3v) is 7.60. The van der Waals surface area contributed by atoms with Crippen molar-refractivity contribution in [2.45, 2.75) is 12.5 Å². The van der Waals surface area contributed by atoms with Crippen LogP contribution in [0.1, 0.15) is 16.8 Å². The standard InChI is InChI=1S/C19H17NO3S3.C4H6N2O7/c1-20(2)13-6-9-15(16(10-13)22-3)19(21)23-14-7-4-12(5-8-14)17-11-18(24)26-25-17;7-2-1-4(13-6(10)11)3-12-5(8)9/h4-11H,1-3H3;2,4H,1,3H2. The molecule has 0 radical (unpaired) electrons. The molecule has 13 nitrogen and oxygen atoms in total. The van der Waals surface area contributed by atoms with Crippen LogP contribution in [0.25, 0.3) is 10.4 Å². The van der Waals surface area contributed by atoms with Crippen molar-refractivity contribution in [2.75, 3.05) is 32.7 Å². The van der Waals surface area contributed by atoms with E-state index in [0.29, 0.717) is 23.3 Å². The van der Waals surface area contributed by atoms with Crippen LogP contribution in [0.2, 0.25) is 0 Å². The van der Waals surface area contributed by atoms with E-state index in [1.807, 2.05) is 49.3 Å². The van der Waals surface area contributed by atoms with Crippen molar-refractivity contribution in [3.05, 3.63) is 78.1 Å². The van der Waals surface area contributed by atoms with E-state index in [9.17, 15) is 29.8 Å². The van der Waals surface area contributed by atoms with Gasteiger partial charge in [0.2, 0.25) is 0 Å². The van der Waals surface area contributed by atoms with E-state index in [2.05, 4.69) is 9.68 Å². The zero-order chi connectivity index (χ0) is 28.9. The van der Waals surface area contributed by atoms with Gasteiger partial charge in [0.15, 0.2) is 0 Å². The Bertz CT molecular complexity index is 1340. The summed E-state index contributed by atoms with van der Waals surface area (Å²) in [5, 5.41) is 17.2. The van der Waals surface area contributed by atoms with Crippen LogP contribution in [-0.4, -0.2) is 56.3 Å². The third-order valence-electron chi connectivity index (χ3n) is 4.69. The Morgan fingerprint density at radius 2 is 1.77 bits per heavy atom. The summed E-state index contributed by atoms with van der Waals surface area (Å²) >= 11 is 5.16. The molecule has 3 rings (SSSR count). The normalized spacial score (nSPS) is 10.7. The van der Waals surface area contributed by atoms with Crippen molar-refractivity contribution in [1.82, 2.24) is 0 Å². The molecule has 0 saturated heterocycles. The van der Waals surface area contributed by atoms with Gasteiger partial charge in [0.1, 0.15) is 39.9 Å². The van der Waals surface area contributed by atoms with E-state index in [1.54, 1.807) is 38.9 Å². The minimum absolute atomic E-state index is 0.338. The molecule has 0 bridgehead atoms. The first-order valence-electron chi connectivity index (χ1n) is 10.8. The van der Waals surface area contributed by atoms with Gasteiger partial charge in [-0.3, -0.25) is 0 Å². The van der Waals surface area contributed by atoms with Crippen LogP contribution in [0.3, 0.4) is 0 Å². The van der Waals surface area contributed by atoms with Gasteiger partial charge in [-0.05, 0) is 48.0 Å². The Morgan fingerprint density at radius 1 is 1.08 bits per heavy atom. The summed E-state index contributed by atoms with van der Waals surface area (Å²) in [6, 6.07) is 14.7. The molecule has 0 amide bonds. The monoisotopic (exact) mass is 597 g/mol. The predicted octanol–water partition coefficient (Wildman–Crippen LogP) is 4.86. The molecule has 1 aromatic heterocycles. The number of anilines is 1. The molecule has 3 aromatic rings. The highest BCUT2D eigenvalue weighted by molar-refractivity contribution is 7.80. The number of hydrogen-bond donors (Lipinski definition) is 0. The molecule has 1 unspecified atom stereocenters. The summed E-state index contributed by atoms with van der Waals surface area (Å²) in [4.78, 5) is 52.6. The van der Waals surface area contributed by atoms with Crippen molar-refractivity contribution in [3.63, 3.8) is 0 Å². The highest BCUT2D eigenvalue weighted by Gasteiger charge is 2.16. The molecular formula is C23H23N3O10S3. The van der Waals surface area contributed by atoms with E-state index >= 15 is 0 Å². The summed E-state index contributed by atoms with van der Waals surface area (Å²) in [7, 11) is 8.60. The minimum atomic E-state index is -1.24. The molecule has 0 aliphatic carbocycles. The molecule has 0 saturated carbocycles. The summed E-state index contributed by atoms with van der Waals surface area (Å²) in [6.45, 7) is -0.646. The molecular weight excluding hydrogens is 574 g/mol. The Morgan fingerprint density at radius 3 is 2.28 bits per heavy atom. The summed E-state index contributed by atoms with van der Waals surface area (Å²) < 4.78 is 11.7. The first-order valence-corrected chi connectivity index (χ1v) is 13.4. The molecule has 0 spiro atoms. The maximum absolute atomic E-state index is 12.5. The predicted molar refractivity (Wildman–Crippen MR) is 146 cm³/mol. The molecule has 2 aromatic carbocycles. The minimum Gasteiger partial charge on any atom is -0.496 e. The van der Waals surface area contributed by atoms with Crippen LogP contribution >= 0.6 is 32.9 Å². The Balaban J connectivity index is 0.000000349. The van der Waals surface area contributed by atoms with Gasteiger partial charge in [0.25, 0.3) is 10.2 Å². The number of aldehydes is 1. The SMILES string of the molecule is COc1cc(N(C)C)ccc1C(=O)Oc1ccc(-c2cc(=S)ss2)cc1.O=CCC(CO[N+](=O)[O-])O[N+](=O)[O-]. The van der Waals surface area contributed by atoms with Crippen LogP contribution in [0.15, 0.2) is 48.5 Å². The average molecular weight is 598 g/mol. The Labute approximate surface area is 234 Å². The molecule has 0 N–H and O–H groups in total. The number of benzene rings is 2. The first kappa shape index (κ1) is 31.1. The topological polar surface area (TPSA) is 161 Å². The van der Waals surface area contributed by atoms with E-state index in [0.717, 1.165) is 20.0 Å². The smallest absolute Gasteiger partial charge is 0.347 e. The van der Waals surface area contributed by atoms with Crippen molar-refractivity contribution in [2.24, 2.45) is 0 Å². The van der Waals surface area contributed by atoms with Crippen LogP contribution in [0.4, 0.5) is 5.69 Å². The molecule has 0 aliphatic heterocycles. The largest absolute Gasteiger partial charge is 0.496 e. The van der Waals surface area contributed by atoms with Gasteiger partial charge in [-0.1, -0.05) is 32.9 Å². The lowest BCUT2D eigenvalue weighted by Crippen LogP contribution is -2.24. The molecule has 1 heterocycles. The molecule has 39 heavy (non-hydrogen) atoms. The van der Waals surface area contributed by atoms with Crippen molar-refractivity contribution < 1.29 is 38.9 Å². The van der Waals surface area contributed by atoms with E-state index < -0.39 is 28.9 Å². The second-order valence-corrected chi connectivity index (χ2v) is 10.5. The van der Waals surface area contributed by atoms with Crippen molar-refractivity contribution >= 4 is 50.8 Å². The molecule has 208 valence electrons. The summed E-state index contributed by atoms with van der Waals surface area (Å²) in [5.74, 6) is 0.512. The number of rotatable bonds is 12. The lowest BCUT2D eigenvalue weighted by atomic mass is 10.1. The summed E-state index contributed by atoms with van der Waals surface area (Å²) in [5.41, 5.74) is 2.38. The van der Waals surface area contributed by atoms with Gasteiger partial charge < -0.3 is 28.8 Å². The van der Waals surface area contributed by atoms with Crippen LogP contribution in [0, 0.1) is 24.1 Å². The fraction of sp³-hybridized carbons (Fsp3) is 0.261. The van der Waals surface area contributed by atoms with Gasteiger partial charge in [-0.2, -0.15) is 0 Å². The summed E-state index contributed by atoms with van der Waals surface area (Å²) in [6.07, 6.45) is -1.23. The third kappa shape index (κ3) is 10.3. The maximum atomic E-state index is 12.5. The van der Waals surface area contributed by atoms with Gasteiger partial charge in [0, 0.05) is 37.1 Å². The zero-order valence-corrected chi connectivity index (χ0v) is 23.3. The Kier molecular flexibility index (Phi) is 12.2. The van der Waals surface area contributed by atoms with Gasteiger partial charge in [-0.25, -0.2) is 4.79 Å². The zero-order valence-electron chi connectivity index (χ0n) is 20.8. The fourth-order valence-electron chi connectivity index (χ4n) is 2.86. The number of esters is 1. The first-order chi connectivity index (χ1) is 18.5. The lowest BCUT2D eigenvalue weighted by molar-refractivity contribution is -0.789. The average Bonchev–Trinajstić information content (AvgIpc) is 3.33. The number of nitrogens with zero attached hydrogens (tertiary/aromatic N) is 3. The van der Waals surface area contributed by atoms with E-state index in [1.165, 1.54) is 7.11 Å². The van der Waals surface area contributed by atoms with Crippen molar-refractivity contribution in [3.8, 4) is 21.9 Å². The van der Waals surface area contributed by atoms with Gasteiger partial charge >= 0.3 is 5.97 Å². The number of carbonyl (C=O) groups is 2. The number of carbonyl (C=O) groups excluding carboxylic acids is 2. The van der Waals surface area contributed by atoms with Gasteiger partial charge in [-0.15, -0.1) is 20.2 Å². The van der Waals surface area contributed by atoms with Crippen LogP contribution in [-0.2, 0) is 14.5 Å². The highest BCUT2D eigenvalue weighted by Crippen LogP contribution is 2.31. The second kappa shape index (κ2) is 15.3. The Hall–Kier alpha value is -4.15. The number of ether oxygens (including phenoxy) is 2. The molecule has 1 atom stereocenters. The molecule has 16 heteroatoms. The van der Waals surface area contributed by atoms with Crippen molar-refractivity contribution in [1.29, 1.82) is 0 Å². The van der Waals surface area contributed by atoms with Gasteiger partial charge in [0.05, 0.1) is 7.11 Å². The van der Waals surface area contributed by atoms with E-state index in [4.69, 9.17) is 21.7 Å². The fourth-order valence-corrected chi connectivity index (χ4v) is 5.27. The van der Waals surface area contributed by atoms with Crippen LogP contribution in [0.5, 0.6) is 11.5 Å². The highest BCUT2D eigenvalue weighted by atomic mass is 32.9. The quantitative estimate of drug-likeness (QED) is 0.0531.